The third-order valence-electron chi connectivity index (χ3n) is 10.8. The van der Waals surface area contributed by atoms with Gasteiger partial charge in [0.2, 0.25) is 0 Å². The molecule has 1 unspecified atom stereocenters. The Morgan fingerprint density at radius 1 is 0.377 bits per heavy atom. The molecule has 0 aromatic carbocycles. The summed E-state index contributed by atoms with van der Waals surface area (Å²) < 4.78 is 16.7. The first-order chi connectivity index (χ1) is 25.6. The Hall–Kier alpha value is -1.59. The van der Waals surface area contributed by atoms with Crippen molar-refractivity contribution >= 4 is 17.9 Å². The first-order valence-electron chi connectivity index (χ1n) is 23.1. The highest BCUT2D eigenvalue weighted by Crippen LogP contribution is 2.17. The molecule has 0 aromatic rings. The molecule has 0 saturated carbocycles. The number of ether oxygens (including phenoxy) is 3. The molecule has 0 fully saturated rings. The van der Waals surface area contributed by atoms with Crippen LogP contribution in [0.5, 0.6) is 0 Å². The van der Waals surface area contributed by atoms with Gasteiger partial charge in [-0.05, 0) is 37.0 Å². The molecule has 0 amide bonds. The molecule has 0 aromatic heterocycles. The maximum atomic E-state index is 12.7. The van der Waals surface area contributed by atoms with Crippen molar-refractivity contribution in [3.63, 3.8) is 0 Å². The van der Waals surface area contributed by atoms with E-state index in [4.69, 9.17) is 14.2 Å². The van der Waals surface area contributed by atoms with Crippen LogP contribution in [0.4, 0.5) is 0 Å². The van der Waals surface area contributed by atoms with Crippen molar-refractivity contribution < 1.29 is 28.6 Å². The maximum Gasteiger partial charge on any atom is 0.306 e. The topological polar surface area (TPSA) is 78.9 Å². The molecule has 0 aliphatic carbocycles. The maximum absolute atomic E-state index is 12.7. The molecule has 0 rings (SSSR count). The van der Waals surface area contributed by atoms with Gasteiger partial charge in [-0.25, -0.2) is 0 Å². The van der Waals surface area contributed by atoms with E-state index in [-0.39, 0.29) is 31.1 Å². The van der Waals surface area contributed by atoms with Crippen LogP contribution >= 0.6 is 0 Å². The van der Waals surface area contributed by atoms with Gasteiger partial charge >= 0.3 is 17.9 Å². The zero-order chi connectivity index (χ0) is 39.2. The Labute approximate surface area is 329 Å². The Morgan fingerprint density at radius 3 is 0.981 bits per heavy atom. The average molecular weight is 751 g/mol. The van der Waals surface area contributed by atoms with E-state index in [1.807, 2.05) is 0 Å². The van der Waals surface area contributed by atoms with Crippen LogP contribution in [0, 0.1) is 17.8 Å². The molecule has 6 heteroatoms. The zero-order valence-corrected chi connectivity index (χ0v) is 36.3. The van der Waals surface area contributed by atoms with E-state index in [1.165, 1.54) is 128 Å². The number of hydrogen-bond donors (Lipinski definition) is 0. The van der Waals surface area contributed by atoms with Crippen LogP contribution in [-0.2, 0) is 28.6 Å². The lowest BCUT2D eigenvalue weighted by molar-refractivity contribution is -0.167. The van der Waals surface area contributed by atoms with Crippen molar-refractivity contribution in [1.29, 1.82) is 0 Å². The van der Waals surface area contributed by atoms with Gasteiger partial charge in [-0.1, -0.05) is 208 Å². The molecule has 0 aliphatic rings. The van der Waals surface area contributed by atoms with Crippen molar-refractivity contribution in [1.82, 2.24) is 0 Å². The fraction of sp³-hybridized carbons (Fsp3) is 0.936. The van der Waals surface area contributed by atoms with E-state index >= 15 is 0 Å². The van der Waals surface area contributed by atoms with E-state index in [9.17, 15) is 14.4 Å². The Balaban J connectivity index is 4.36. The van der Waals surface area contributed by atoms with Crippen LogP contribution in [0.1, 0.15) is 247 Å². The Morgan fingerprint density at radius 2 is 0.660 bits per heavy atom. The second-order valence-corrected chi connectivity index (χ2v) is 17.2. The van der Waals surface area contributed by atoms with Crippen molar-refractivity contribution in [2.24, 2.45) is 17.8 Å². The van der Waals surface area contributed by atoms with E-state index in [0.29, 0.717) is 19.3 Å². The fourth-order valence-electron chi connectivity index (χ4n) is 6.85. The summed E-state index contributed by atoms with van der Waals surface area (Å²) in [6.45, 7) is 13.6. The summed E-state index contributed by atoms with van der Waals surface area (Å²) in [5, 5.41) is 0. The van der Waals surface area contributed by atoms with Gasteiger partial charge in [0.05, 0.1) is 0 Å². The lowest BCUT2D eigenvalue weighted by Gasteiger charge is -2.18. The molecule has 53 heavy (non-hydrogen) atoms. The second kappa shape index (κ2) is 38.7. The number of unbranched alkanes of at least 4 members (excludes halogenated alkanes) is 22. The summed E-state index contributed by atoms with van der Waals surface area (Å²) in [4.78, 5) is 37.7. The normalized spacial score (nSPS) is 12.7. The number of carbonyl (C=O) groups is 3. The predicted octanol–water partition coefficient (Wildman–Crippen LogP) is 14.4. The molecule has 6 nitrogen and oxygen atoms in total. The number of carbonyl (C=O) groups excluding carboxylic acids is 3. The van der Waals surface area contributed by atoms with Gasteiger partial charge in [0, 0.05) is 19.3 Å². The smallest absolute Gasteiger partial charge is 0.306 e. The van der Waals surface area contributed by atoms with Gasteiger partial charge in [-0.3, -0.25) is 14.4 Å². The summed E-state index contributed by atoms with van der Waals surface area (Å²) in [6, 6.07) is 0. The molecule has 2 atom stereocenters. The summed E-state index contributed by atoms with van der Waals surface area (Å²) in [7, 11) is 0. The van der Waals surface area contributed by atoms with Gasteiger partial charge in [0.15, 0.2) is 6.10 Å². The van der Waals surface area contributed by atoms with Gasteiger partial charge < -0.3 is 14.2 Å². The fourth-order valence-corrected chi connectivity index (χ4v) is 6.85. The van der Waals surface area contributed by atoms with Gasteiger partial charge in [0.25, 0.3) is 0 Å². The number of hydrogen-bond acceptors (Lipinski definition) is 6. The summed E-state index contributed by atoms with van der Waals surface area (Å²) in [6.07, 6.45) is 35.2. The minimum atomic E-state index is -0.762. The van der Waals surface area contributed by atoms with E-state index in [0.717, 1.165) is 75.5 Å². The molecule has 0 radical (unpaired) electrons. The molecule has 0 spiro atoms. The lowest BCUT2D eigenvalue weighted by Crippen LogP contribution is -2.30. The van der Waals surface area contributed by atoms with Gasteiger partial charge in [-0.2, -0.15) is 0 Å². The summed E-state index contributed by atoms with van der Waals surface area (Å²) >= 11 is 0. The SMILES string of the molecule is CCC(C)CCCCCCCCCCC(=O)OC[C@@H](COC(=O)CCCCCCCCCCCC(C)C)OC(=O)CCCCCCCCCCC(C)C. The minimum Gasteiger partial charge on any atom is -0.462 e. The van der Waals surface area contributed by atoms with E-state index in [1.54, 1.807) is 0 Å². The minimum absolute atomic E-state index is 0.0666. The van der Waals surface area contributed by atoms with Crippen molar-refractivity contribution in [2.45, 2.75) is 253 Å². The standard InChI is InChI=1S/C47H90O6/c1-7-43(6)35-29-23-17-12-14-19-25-31-37-46(49)52-40-44(53-47(50)38-32-26-20-13-11-16-22-28-34-42(4)5)39-51-45(48)36-30-24-18-10-8-9-15-21-27-33-41(2)3/h41-44H,7-40H2,1-6H3/t43?,44-/m1/s1. The van der Waals surface area contributed by atoms with Crippen LogP contribution in [0.25, 0.3) is 0 Å². The molecule has 0 heterocycles. The summed E-state index contributed by atoms with van der Waals surface area (Å²) in [5.74, 6) is 1.59. The average Bonchev–Trinajstić information content (AvgIpc) is 3.12. The molecule has 0 saturated heterocycles. The van der Waals surface area contributed by atoms with E-state index in [2.05, 4.69) is 41.5 Å². The third kappa shape index (κ3) is 39.9. The lowest BCUT2D eigenvalue weighted by atomic mass is 9.99. The quantitative estimate of drug-likeness (QED) is 0.0352. The highest BCUT2D eigenvalue weighted by molar-refractivity contribution is 5.71. The van der Waals surface area contributed by atoms with Crippen molar-refractivity contribution in [3.8, 4) is 0 Å². The van der Waals surface area contributed by atoms with Crippen molar-refractivity contribution in [3.05, 3.63) is 0 Å². The molecule has 0 bridgehead atoms. The molecule has 0 aliphatic heterocycles. The van der Waals surface area contributed by atoms with Crippen LogP contribution in [0.3, 0.4) is 0 Å². The third-order valence-corrected chi connectivity index (χ3v) is 10.8. The molecule has 314 valence electrons. The zero-order valence-electron chi connectivity index (χ0n) is 36.3. The van der Waals surface area contributed by atoms with Crippen molar-refractivity contribution in [2.75, 3.05) is 13.2 Å². The monoisotopic (exact) mass is 751 g/mol. The van der Waals surface area contributed by atoms with Crippen LogP contribution in [0.15, 0.2) is 0 Å². The van der Waals surface area contributed by atoms with Gasteiger partial charge in [-0.15, -0.1) is 0 Å². The Bertz CT molecular complexity index is 824. The number of rotatable bonds is 40. The van der Waals surface area contributed by atoms with Gasteiger partial charge in [0.1, 0.15) is 13.2 Å². The predicted molar refractivity (Wildman–Crippen MR) is 224 cm³/mol. The van der Waals surface area contributed by atoms with Crippen LogP contribution in [-0.4, -0.2) is 37.2 Å². The molecular weight excluding hydrogens is 661 g/mol. The van der Waals surface area contributed by atoms with E-state index < -0.39 is 6.10 Å². The highest BCUT2D eigenvalue weighted by Gasteiger charge is 2.19. The first kappa shape index (κ1) is 51.4. The number of esters is 3. The molecule has 0 N–H and O–H groups in total. The highest BCUT2D eigenvalue weighted by atomic mass is 16.6. The van der Waals surface area contributed by atoms with Crippen LogP contribution < -0.4 is 0 Å². The Kier molecular flexibility index (Phi) is 37.5. The molecular formula is C47H90O6. The first-order valence-corrected chi connectivity index (χ1v) is 23.1. The largest absolute Gasteiger partial charge is 0.462 e. The van der Waals surface area contributed by atoms with Crippen LogP contribution in [0.2, 0.25) is 0 Å². The summed E-state index contributed by atoms with van der Waals surface area (Å²) in [5.41, 5.74) is 0. The second-order valence-electron chi connectivity index (χ2n) is 17.2.